The molecule has 0 radical (unpaired) electrons. The molecule has 0 saturated heterocycles. The van der Waals surface area contributed by atoms with Gasteiger partial charge in [-0.2, -0.15) is 12.6 Å². The molecule has 0 heterocycles. The van der Waals surface area contributed by atoms with Crippen LogP contribution >= 0.6 is 12.6 Å². The van der Waals surface area contributed by atoms with Crippen LogP contribution in [-0.2, 0) is 25.6 Å². The highest BCUT2D eigenvalue weighted by atomic mass is 32.1. The number of nitrogens with one attached hydrogen (secondary N) is 3. The predicted octanol–water partition coefficient (Wildman–Crippen LogP) is -0.936. The third kappa shape index (κ3) is 9.25. The number of carboxylic acids is 1. The molecule has 32 heavy (non-hydrogen) atoms. The van der Waals surface area contributed by atoms with E-state index in [9.17, 15) is 24.3 Å². The number of aliphatic hydroxyl groups is 1. The lowest BCUT2D eigenvalue weighted by Gasteiger charge is -2.25. The molecule has 3 amide bonds. The fourth-order valence-electron chi connectivity index (χ4n) is 2.87. The molecule has 1 rings (SSSR count). The number of rotatable bonds is 13. The van der Waals surface area contributed by atoms with Crippen LogP contribution in [0.15, 0.2) is 30.3 Å². The first kappa shape index (κ1) is 27.4. The molecule has 0 fully saturated rings. The molecule has 4 unspecified atom stereocenters. The van der Waals surface area contributed by atoms with Crippen molar-refractivity contribution in [3.8, 4) is 0 Å². The molecule has 7 N–H and O–H groups in total. The van der Waals surface area contributed by atoms with E-state index < -0.39 is 54.5 Å². The number of carboxylic acid groups (broad SMARTS) is 1. The van der Waals surface area contributed by atoms with Crippen molar-refractivity contribution in [2.24, 2.45) is 11.7 Å². The van der Waals surface area contributed by atoms with E-state index in [2.05, 4.69) is 28.6 Å². The van der Waals surface area contributed by atoms with Crippen LogP contribution in [0.25, 0.3) is 0 Å². The molecule has 10 nitrogen and oxygen atoms in total. The van der Waals surface area contributed by atoms with E-state index in [1.54, 1.807) is 0 Å². The number of hydrogen-bond donors (Lipinski definition) is 7. The van der Waals surface area contributed by atoms with Gasteiger partial charge >= 0.3 is 5.97 Å². The van der Waals surface area contributed by atoms with Crippen LogP contribution < -0.4 is 21.7 Å². The Labute approximate surface area is 192 Å². The maximum atomic E-state index is 12.8. The molecule has 0 aliphatic heterocycles. The molecular formula is C21H32N4O6S. The van der Waals surface area contributed by atoms with E-state index in [0.717, 1.165) is 5.56 Å². The number of benzene rings is 1. The highest BCUT2D eigenvalue weighted by molar-refractivity contribution is 7.80. The Morgan fingerprint density at radius 3 is 1.97 bits per heavy atom. The van der Waals surface area contributed by atoms with Crippen molar-refractivity contribution in [3.05, 3.63) is 35.9 Å². The molecule has 1 aromatic rings. The molecule has 0 aromatic heterocycles. The number of aliphatic hydroxyl groups excluding tert-OH is 1. The summed E-state index contributed by atoms with van der Waals surface area (Å²) >= 11 is 3.85. The summed E-state index contributed by atoms with van der Waals surface area (Å²) in [6.45, 7) is 2.96. The van der Waals surface area contributed by atoms with E-state index in [0.29, 0.717) is 0 Å². The quantitative estimate of drug-likeness (QED) is 0.183. The lowest BCUT2D eigenvalue weighted by molar-refractivity contribution is -0.142. The Kier molecular flexibility index (Phi) is 11.7. The molecule has 0 aliphatic rings. The third-order valence-corrected chi connectivity index (χ3v) is 4.95. The third-order valence-electron chi connectivity index (χ3n) is 4.59. The number of aliphatic carboxylic acids is 1. The van der Waals surface area contributed by atoms with Crippen LogP contribution in [-0.4, -0.2) is 70.4 Å². The normalized spacial score (nSPS) is 14.7. The highest BCUT2D eigenvalue weighted by Crippen LogP contribution is 2.07. The van der Waals surface area contributed by atoms with E-state index in [-0.39, 0.29) is 24.5 Å². The van der Waals surface area contributed by atoms with Gasteiger partial charge in [-0.05, 0) is 24.3 Å². The van der Waals surface area contributed by atoms with E-state index >= 15 is 0 Å². The van der Waals surface area contributed by atoms with Crippen molar-refractivity contribution in [3.63, 3.8) is 0 Å². The summed E-state index contributed by atoms with van der Waals surface area (Å²) in [5.41, 5.74) is 6.86. The van der Waals surface area contributed by atoms with Gasteiger partial charge in [-0.25, -0.2) is 4.79 Å². The molecule has 0 saturated carbocycles. The van der Waals surface area contributed by atoms with Gasteiger partial charge in [0.05, 0.1) is 12.6 Å². The summed E-state index contributed by atoms with van der Waals surface area (Å²) in [7, 11) is 0. The average Bonchev–Trinajstić information content (AvgIpc) is 2.74. The minimum Gasteiger partial charge on any atom is -0.480 e. The summed E-state index contributed by atoms with van der Waals surface area (Å²) in [5, 5.41) is 25.7. The number of amides is 3. The van der Waals surface area contributed by atoms with Gasteiger partial charge in [0.25, 0.3) is 0 Å². The fourth-order valence-corrected chi connectivity index (χ4v) is 3.11. The summed E-state index contributed by atoms with van der Waals surface area (Å²) < 4.78 is 0. The maximum Gasteiger partial charge on any atom is 0.327 e. The van der Waals surface area contributed by atoms with Crippen LogP contribution in [0, 0.1) is 5.92 Å². The SMILES string of the molecule is CC(C)CC(NC(=O)C(N)Cc1ccccc1)C(=O)NC(CO)C(=O)NC(CS)C(=O)O. The molecule has 178 valence electrons. The first-order valence-electron chi connectivity index (χ1n) is 10.2. The number of carbonyl (C=O) groups excluding carboxylic acids is 3. The second-order valence-electron chi connectivity index (χ2n) is 7.81. The Bertz CT molecular complexity index is 777. The zero-order valence-electron chi connectivity index (χ0n) is 18.2. The van der Waals surface area contributed by atoms with Crippen LogP contribution in [0.1, 0.15) is 25.8 Å². The predicted molar refractivity (Wildman–Crippen MR) is 122 cm³/mol. The summed E-state index contributed by atoms with van der Waals surface area (Å²) in [6, 6.07) is 4.63. The van der Waals surface area contributed by atoms with Crippen molar-refractivity contribution < 1.29 is 29.4 Å². The number of nitrogens with two attached hydrogens (primary N) is 1. The molecular weight excluding hydrogens is 436 g/mol. The molecule has 4 atom stereocenters. The monoisotopic (exact) mass is 468 g/mol. The summed E-state index contributed by atoms with van der Waals surface area (Å²) in [5.74, 6) is -3.53. The molecule has 0 aliphatic carbocycles. The van der Waals surface area contributed by atoms with Gasteiger partial charge in [0.1, 0.15) is 18.1 Å². The van der Waals surface area contributed by atoms with Gasteiger partial charge in [-0.15, -0.1) is 0 Å². The van der Waals surface area contributed by atoms with Crippen LogP contribution in [0.4, 0.5) is 0 Å². The largest absolute Gasteiger partial charge is 0.480 e. The van der Waals surface area contributed by atoms with Gasteiger partial charge < -0.3 is 31.9 Å². The Morgan fingerprint density at radius 1 is 0.938 bits per heavy atom. The second kappa shape index (κ2) is 13.7. The first-order chi connectivity index (χ1) is 15.1. The average molecular weight is 469 g/mol. The topological polar surface area (TPSA) is 171 Å². The van der Waals surface area contributed by atoms with Gasteiger partial charge in [0, 0.05) is 5.75 Å². The summed E-state index contributed by atoms with van der Waals surface area (Å²) in [4.78, 5) is 48.7. The molecule has 1 aromatic carbocycles. The Balaban J connectivity index is 2.81. The Hall–Kier alpha value is -2.63. The summed E-state index contributed by atoms with van der Waals surface area (Å²) in [6.07, 6.45) is 0.550. The van der Waals surface area contributed by atoms with Crippen LogP contribution in [0.3, 0.4) is 0 Å². The zero-order chi connectivity index (χ0) is 24.3. The van der Waals surface area contributed by atoms with Gasteiger partial charge in [-0.1, -0.05) is 44.2 Å². The van der Waals surface area contributed by atoms with E-state index in [4.69, 9.17) is 10.8 Å². The maximum absolute atomic E-state index is 12.8. The van der Waals surface area contributed by atoms with E-state index in [1.165, 1.54) is 0 Å². The minimum atomic E-state index is -1.39. The Morgan fingerprint density at radius 2 is 1.47 bits per heavy atom. The zero-order valence-corrected chi connectivity index (χ0v) is 19.0. The van der Waals surface area contributed by atoms with Crippen molar-refractivity contribution in [1.29, 1.82) is 0 Å². The first-order valence-corrected chi connectivity index (χ1v) is 10.9. The smallest absolute Gasteiger partial charge is 0.327 e. The number of thiol groups is 1. The molecule has 0 spiro atoms. The minimum absolute atomic E-state index is 0.0263. The fraction of sp³-hybridized carbons (Fsp3) is 0.524. The van der Waals surface area contributed by atoms with Gasteiger partial charge in [-0.3, -0.25) is 14.4 Å². The van der Waals surface area contributed by atoms with Crippen LogP contribution in [0.5, 0.6) is 0 Å². The highest BCUT2D eigenvalue weighted by Gasteiger charge is 2.30. The number of hydrogen-bond acceptors (Lipinski definition) is 7. The number of carbonyl (C=O) groups is 4. The van der Waals surface area contributed by atoms with Crippen molar-refractivity contribution in [1.82, 2.24) is 16.0 Å². The second-order valence-corrected chi connectivity index (χ2v) is 8.18. The lowest BCUT2D eigenvalue weighted by atomic mass is 10.0. The van der Waals surface area contributed by atoms with Crippen molar-refractivity contribution in [2.75, 3.05) is 12.4 Å². The molecule has 0 bridgehead atoms. The van der Waals surface area contributed by atoms with Crippen LogP contribution in [0.2, 0.25) is 0 Å². The molecule has 11 heteroatoms. The lowest BCUT2D eigenvalue weighted by Crippen LogP contribution is -2.58. The van der Waals surface area contributed by atoms with Gasteiger partial charge in [0.15, 0.2) is 0 Å². The van der Waals surface area contributed by atoms with Crippen molar-refractivity contribution in [2.45, 2.75) is 50.9 Å². The van der Waals surface area contributed by atoms with Gasteiger partial charge in [0.2, 0.25) is 17.7 Å². The van der Waals surface area contributed by atoms with E-state index in [1.807, 2.05) is 44.2 Å². The standard InChI is InChI=1S/C21H32N4O6S/c1-12(2)8-15(23-18(27)14(22)9-13-6-4-3-5-7-13)19(28)24-16(10-26)20(29)25-17(11-32)21(30)31/h3-7,12,14-17,26,32H,8-11,22H2,1-2H3,(H,23,27)(H,24,28)(H,25,29)(H,30,31). The van der Waals surface area contributed by atoms with Crippen molar-refractivity contribution >= 4 is 36.3 Å².